The molecular formula is C15H15ClS. The summed E-state index contributed by atoms with van der Waals surface area (Å²) in [7, 11) is 0. The third-order valence-corrected chi connectivity index (χ3v) is 4.75. The number of aryl methyl sites for hydroxylation is 2. The second-order valence-electron chi connectivity index (χ2n) is 4.63. The highest BCUT2D eigenvalue weighted by molar-refractivity contribution is 7.09. The average molecular weight is 263 g/mol. The highest BCUT2D eigenvalue weighted by Gasteiger charge is 2.15. The molecule has 17 heavy (non-hydrogen) atoms. The van der Waals surface area contributed by atoms with E-state index in [-0.39, 0.29) is 5.38 Å². The minimum Gasteiger partial charge on any atom is -0.149 e. The van der Waals surface area contributed by atoms with E-state index in [1.54, 1.807) is 11.3 Å². The monoisotopic (exact) mass is 262 g/mol. The molecule has 0 N–H and O–H groups in total. The summed E-state index contributed by atoms with van der Waals surface area (Å²) in [5, 5.41) is 2.22. The number of thiophene rings is 1. The molecule has 1 aromatic carbocycles. The Bertz CT molecular complexity index is 502. The van der Waals surface area contributed by atoms with Gasteiger partial charge in [0.25, 0.3) is 0 Å². The van der Waals surface area contributed by atoms with Crippen molar-refractivity contribution in [2.45, 2.75) is 31.1 Å². The van der Waals surface area contributed by atoms with Gasteiger partial charge in [-0.3, -0.25) is 0 Å². The fourth-order valence-corrected chi connectivity index (χ4v) is 3.66. The molecule has 0 aliphatic heterocycles. The zero-order valence-electron chi connectivity index (χ0n) is 9.66. The molecule has 2 aromatic rings. The van der Waals surface area contributed by atoms with Crippen molar-refractivity contribution in [3.63, 3.8) is 0 Å². The van der Waals surface area contributed by atoms with Gasteiger partial charge in [-0.05, 0) is 47.4 Å². The Balaban J connectivity index is 1.79. The van der Waals surface area contributed by atoms with Crippen LogP contribution in [0.2, 0.25) is 0 Å². The molecule has 0 amide bonds. The molecule has 1 aliphatic carbocycles. The molecule has 0 nitrogen and oxygen atoms in total. The topological polar surface area (TPSA) is 0 Å². The quantitative estimate of drug-likeness (QED) is 0.700. The maximum atomic E-state index is 6.51. The van der Waals surface area contributed by atoms with Gasteiger partial charge in [-0.1, -0.05) is 24.3 Å². The molecule has 1 aromatic heterocycles. The zero-order valence-corrected chi connectivity index (χ0v) is 11.2. The first-order valence-electron chi connectivity index (χ1n) is 6.11. The molecule has 3 rings (SSSR count). The number of hydrogen-bond acceptors (Lipinski definition) is 1. The van der Waals surface area contributed by atoms with Gasteiger partial charge in [0.1, 0.15) is 0 Å². The first kappa shape index (κ1) is 11.3. The molecule has 0 spiro atoms. The van der Waals surface area contributed by atoms with E-state index in [0.717, 1.165) is 6.42 Å². The zero-order chi connectivity index (χ0) is 11.7. The molecule has 0 radical (unpaired) electrons. The molecule has 1 aliphatic rings. The minimum atomic E-state index is 0.111. The van der Waals surface area contributed by atoms with Crippen LogP contribution in [0.15, 0.2) is 35.7 Å². The molecule has 0 saturated heterocycles. The average Bonchev–Trinajstić information content (AvgIpc) is 2.97. The van der Waals surface area contributed by atoms with Gasteiger partial charge in [0, 0.05) is 11.3 Å². The summed E-state index contributed by atoms with van der Waals surface area (Å²) in [4.78, 5) is 1.37. The Hall–Kier alpha value is -0.790. The van der Waals surface area contributed by atoms with Crippen molar-refractivity contribution < 1.29 is 0 Å². The normalized spacial score (nSPS) is 15.8. The summed E-state index contributed by atoms with van der Waals surface area (Å²) in [6, 6.07) is 11.0. The van der Waals surface area contributed by atoms with Crippen LogP contribution in [0.25, 0.3) is 0 Å². The number of fused-ring (bicyclic) bond motifs is 1. The minimum absolute atomic E-state index is 0.111. The van der Waals surface area contributed by atoms with Crippen LogP contribution < -0.4 is 0 Å². The van der Waals surface area contributed by atoms with Gasteiger partial charge < -0.3 is 0 Å². The van der Waals surface area contributed by atoms with Crippen molar-refractivity contribution in [2.24, 2.45) is 0 Å². The molecule has 0 bridgehead atoms. The van der Waals surface area contributed by atoms with Gasteiger partial charge in [0.2, 0.25) is 0 Å². The maximum absolute atomic E-state index is 6.51. The largest absolute Gasteiger partial charge is 0.149 e. The van der Waals surface area contributed by atoms with Crippen LogP contribution in [-0.2, 0) is 19.3 Å². The molecule has 1 unspecified atom stereocenters. The summed E-state index contributed by atoms with van der Waals surface area (Å²) >= 11 is 8.29. The van der Waals surface area contributed by atoms with Crippen molar-refractivity contribution in [2.75, 3.05) is 0 Å². The lowest BCUT2D eigenvalue weighted by Gasteiger charge is -2.10. The van der Waals surface area contributed by atoms with Crippen LogP contribution in [0, 0.1) is 0 Å². The van der Waals surface area contributed by atoms with E-state index in [1.165, 1.54) is 40.8 Å². The van der Waals surface area contributed by atoms with Crippen LogP contribution in [0.3, 0.4) is 0 Å². The van der Waals surface area contributed by atoms with E-state index in [4.69, 9.17) is 11.6 Å². The highest BCUT2D eigenvalue weighted by atomic mass is 35.5. The first-order chi connectivity index (χ1) is 8.33. The lowest BCUT2D eigenvalue weighted by Crippen LogP contribution is -1.95. The first-order valence-corrected chi connectivity index (χ1v) is 7.43. The van der Waals surface area contributed by atoms with Crippen LogP contribution in [0.4, 0.5) is 0 Å². The van der Waals surface area contributed by atoms with Gasteiger partial charge >= 0.3 is 0 Å². The molecule has 1 heterocycles. The second kappa shape index (κ2) is 4.83. The van der Waals surface area contributed by atoms with Crippen LogP contribution in [0.5, 0.6) is 0 Å². The van der Waals surface area contributed by atoms with Crippen molar-refractivity contribution in [3.05, 3.63) is 57.3 Å². The molecule has 2 heteroatoms. The Kier molecular flexibility index (Phi) is 3.21. The van der Waals surface area contributed by atoms with Crippen LogP contribution >= 0.6 is 22.9 Å². The third-order valence-electron chi connectivity index (χ3n) is 3.44. The fourth-order valence-electron chi connectivity index (χ4n) is 2.51. The molecule has 88 valence electrons. The highest BCUT2D eigenvalue weighted by Crippen LogP contribution is 2.31. The van der Waals surface area contributed by atoms with Gasteiger partial charge in [-0.25, -0.2) is 0 Å². The van der Waals surface area contributed by atoms with Crippen molar-refractivity contribution in [3.8, 4) is 0 Å². The number of alkyl halides is 1. The van der Waals surface area contributed by atoms with E-state index < -0.39 is 0 Å². The van der Waals surface area contributed by atoms with Crippen LogP contribution in [0.1, 0.15) is 33.4 Å². The summed E-state index contributed by atoms with van der Waals surface area (Å²) in [5.41, 5.74) is 4.31. The van der Waals surface area contributed by atoms with E-state index >= 15 is 0 Å². The lowest BCUT2D eigenvalue weighted by molar-refractivity contribution is 0.909. The summed E-state index contributed by atoms with van der Waals surface area (Å²) in [6.07, 6.45) is 4.72. The summed E-state index contributed by atoms with van der Waals surface area (Å²) in [6.45, 7) is 0. The SMILES string of the molecule is ClC(Cc1cccs1)c1ccc2c(c1)CCC2. The predicted octanol–water partition coefficient (Wildman–Crippen LogP) is 4.76. The van der Waals surface area contributed by atoms with E-state index in [2.05, 4.69) is 35.7 Å². The Labute approximate surface area is 111 Å². The van der Waals surface area contributed by atoms with Crippen molar-refractivity contribution in [1.29, 1.82) is 0 Å². The predicted molar refractivity (Wildman–Crippen MR) is 75.1 cm³/mol. The number of benzene rings is 1. The van der Waals surface area contributed by atoms with Gasteiger partial charge in [-0.2, -0.15) is 0 Å². The standard InChI is InChI=1S/C15H15ClS/c16-15(10-14-5-2-8-17-14)13-7-6-11-3-1-4-12(11)9-13/h2,5-9,15H,1,3-4,10H2. The van der Waals surface area contributed by atoms with Crippen molar-refractivity contribution >= 4 is 22.9 Å². The van der Waals surface area contributed by atoms with E-state index in [9.17, 15) is 0 Å². The third kappa shape index (κ3) is 2.41. The van der Waals surface area contributed by atoms with Gasteiger partial charge in [0.15, 0.2) is 0 Å². The number of halogens is 1. The molecule has 0 saturated carbocycles. The summed E-state index contributed by atoms with van der Waals surface area (Å²) < 4.78 is 0. The van der Waals surface area contributed by atoms with Gasteiger partial charge in [0.05, 0.1) is 5.38 Å². The second-order valence-corrected chi connectivity index (χ2v) is 6.19. The summed E-state index contributed by atoms with van der Waals surface area (Å²) in [5.74, 6) is 0. The van der Waals surface area contributed by atoms with Crippen molar-refractivity contribution in [1.82, 2.24) is 0 Å². The molecule has 0 fully saturated rings. The molecule has 1 atom stereocenters. The van der Waals surface area contributed by atoms with E-state index in [1.807, 2.05) is 0 Å². The van der Waals surface area contributed by atoms with Gasteiger partial charge in [-0.15, -0.1) is 22.9 Å². The Morgan fingerprint density at radius 3 is 2.88 bits per heavy atom. The Morgan fingerprint density at radius 2 is 2.06 bits per heavy atom. The number of hydrogen-bond donors (Lipinski definition) is 0. The number of rotatable bonds is 3. The molecular weight excluding hydrogens is 248 g/mol. The van der Waals surface area contributed by atoms with Crippen LogP contribution in [-0.4, -0.2) is 0 Å². The Morgan fingerprint density at radius 1 is 1.18 bits per heavy atom. The lowest BCUT2D eigenvalue weighted by atomic mass is 10.0. The maximum Gasteiger partial charge on any atom is 0.0633 e. The van der Waals surface area contributed by atoms with E-state index in [0.29, 0.717) is 0 Å². The smallest absolute Gasteiger partial charge is 0.0633 e. The fraction of sp³-hybridized carbons (Fsp3) is 0.333.